The van der Waals surface area contributed by atoms with E-state index in [0.29, 0.717) is 19.2 Å². The Hall–Kier alpha value is -1.76. The number of aromatic nitrogens is 2. The summed E-state index contributed by atoms with van der Waals surface area (Å²) in [5.41, 5.74) is 2.03. The van der Waals surface area contributed by atoms with Crippen LogP contribution in [0, 0.1) is 5.82 Å². The average molecular weight is 333 g/mol. The Kier molecular flexibility index (Phi) is 5.60. The zero-order valence-electron chi connectivity index (χ0n) is 13.9. The van der Waals surface area contributed by atoms with Gasteiger partial charge in [0.25, 0.3) is 0 Å². The molecule has 5 nitrogen and oxygen atoms in total. The summed E-state index contributed by atoms with van der Waals surface area (Å²) in [7, 11) is 2.10. The smallest absolute Gasteiger partial charge is 0.123 e. The molecule has 1 aromatic carbocycles. The third-order valence-electron chi connectivity index (χ3n) is 4.58. The third kappa shape index (κ3) is 4.20. The zero-order chi connectivity index (χ0) is 16.9. The molecule has 6 heteroatoms. The second-order valence-corrected chi connectivity index (χ2v) is 6.33. The summed E-state index contributed by atoms with van der Waals surface area (Å²) in [5.74, 6) is -0.221. The van der Waals surface area contributed by atoms with Gasteiger partial charge in [-0.2, -0.15) is 0 Å². The molecular formula is C18H24FN3O2. The lowest BCUT2D eigenvalue weighted by Crippen LogP contribution is -2.37. The van der Waals surface area contributed by atoms with Gasteiger partial charge < -0.3 is 14.4 Å². The van der Waals surface area contributed by atoms with Crippen LogP contribution in [0.1, 0.15) is 30.2 Å². The largest absolute Gasteiger partial charge is 0.395 e. The molecule has 2 unspecified atom stereocenters. The van der Waals surface area contributed by atoms with Crippen molar-refractivity contribution < 1.29 is 14.2 Å². The molecule has 0 saturated carbocycles. The van der Waals surface area contributed by atoms with E-state index in [2.05, 4.69) is 16.9 Å². The van der Waals surface area contributed by atoms with Crippen molar-refractivity contribution in [1.29, 1.82) is 0 Å². The van der Waals surface area contributed by atoms with E-state index < -0.39 is 0 Å². The lowest BCUT2D eigenvalue weighted by molar-refractivity contribution is -0.0251. The van der Waals surface area contributed by atoms with Crippen LogP contribution in [0.2, 0.25) is 0 Å². The molecule has 130 valence electrons. The van der Waals surface area contributed by atoms with Gasteiger partial charge >= 0.3 is 0 Å². The number of aliphatic hydroxyl groups is 1. The van der Waals surface area contributed by atoms with Crippen LogP contribution in [0.25, 0.3) is 0 Å². The first-order valence-electron chi connectivity index (χ1n) is 8.34. The first-order chi connectivity index (χ1) is 11.7. The van der Waals surface area contributed by atoms with Gasteiger partial charge in [-0.25, -0.2) is 9.37 Å². The summed E-state index contributed by atoms with van der Waals surface area (Å²) < 4.78 is 20.9. The fourth-order valence-electron chi connectivity index (χ4n) is 3.20. The summed E-state index contributed by atoms with van der Waals surface area (Å²) in [6.07, 6.45) is 5.61. The number of aliphatic hydroxyl groups excluding tert-OH is 1. The highest BCUT2D eigenvalue weighted by molar-refractivity contribution is 5.19. The Bertz CT molecular complexity index is 644. The van der Waals surface area contributed by atoms with Gasteiger partial charge in [0.15, 0.2) is 0 Å². The van der Waals surface area contributed by atoms with Crippen molar-refractivity contribution in [3.05, 3.63) is 53.9 Å². The quantitative estimate of drug-likeness (QED) is 0.882. The molecule has 0 spiro atoms. The Labute approximate surface area is 141 Å². The molecule has 0 radical (unpaired) electrons. The first kappa shape index (κ1) is 17.1. The fraction of sp³-hybridized carbons (Fsp3) is 0.500. The predicted molar refractivity (Wildman–Crippen MR) is 88.9 cm³/mol. The van der Waals surface area contributed by atoms with Crippen molar-refractivity contribution in [2.75, 3.05) is 20.3 Å². The predicted octanol–water partition coefficient (Wildman–Crippen LogP) is 2.37. The second kappa shape index (κ2) is 7.88. The Balaban J connectivity index is 1.59. The molecule has 2 aromatic rings. The Morgan fingerprint density at radius 1 is 1.38 bits per heavy atom. The van der Waals surface area contributed by atoms with E-state index >= 15 is 0 Å². The number of benzene rings is 1. The molecule has 2 heterocycles. The SMILES string of the molecule is CN(Cc1cn(CCO)cn1)C1CCOC(c2ccc(F)cc2)C1. The molecule has 1 N–H and O–H groups in total. The molecule has 0 aliphatic carbocycles. The van der Waals surface area contributed by atoms with Crippen LogP contribution in [0.15, 0.2) is 36.8 Å². The molecule has 2 atom stereocenters. The normalized spacial score (nSPS) is 21.3. The molecule has 1 fully saturated rings. The summed E-state index contributed by atoms with van der Waals surface area (Å²) >= 11 is 0. The summed E-state index contributed by atoms with van der Waals surface area (Å²) in [6.45, 7) is 2.15. The molecule has 1 saturated heterocycles. The van der Waals surface area contributed by atoms with Crippen molar-refractivity contribution in [2.24, 2.45) is 0 Å². The van der Waals surface area contributed by atoms with Gasteiger partial charge in [-0.05, 0) is 37.6 Å². The number of nitrogens with zero attached hydrogens (tertiary/aromatic N) is 3. The first-order valence-corrected chi connectivity index (χ1v) is 8.34. The number of ether oxygens (including phenoxy) is 1. The molecule has 0 bridgehead atoms. The monoisotopic (exact) mass is 333 g/mol. The molecular weight excluding hydrogens is 309 g/mol. The third-order valence-corrected chi connectivity index (χ3v) is 4.58. The van der Waals surface area contributed by atoms with E-state index in [4.69, 9.17) is 9.84 Å². The standard InChI is InChI=1S/C18H24FN3O2/c1-21(11-16-12-22(7-8-23)13-20-16)17-6-9-24-18(10-17)14-2-4-15(19)5-3-14/h2-5,12-13,17-18,23H,6-11H2,1H3. The number of halogens is 1. The maximum Gasteiger partial charge on any atom is 0.123 e. The Morgan fingerprint density at radius 3 is 2.92 bits per heavy atom. The van der Waals surface area contributed by atoms with Crippen molar-refractivity contribution >= 4 is 0 Å². The number of rotatable bonds is 6. The Morgan fingerprint density at radius 2 is 2.17 bits per heavy atom. The topological polar surface area (TPSA) is 50.5 Å². The lowest BCUT2D eigenvalue weighted by atomic mass is 9.96. The van der Waals surface area contributed by atoms with Crippen LogP contribution in [-0.2, 0) is 17.8 Å². The van der Waals surface area contributed by atoms with Crippen LogP contribution in [0.4, 0.5) is 4.39 Å². The summed E-state index contributed by atoms with van der Waals surface area (Å²) in [5, 5.41) is 8.97. The highest BCUT2D eigenvalue weighted by atomic mass is 19.1. The van der Waals surface area contributed by atoms with Crippen LogP contribution in [0.5, 0.6) is 0 Å². The minimum atomic E-state index is -0.221. The molecule has 3 rings (SSSR count). The highest BCUT2D eigenvalue weighted by Gasteiger charge is 2.27. The van der Waals surface area contributed by atoms with E-state index in [0.717, 1.165) is 30.6 Å². The van der Waals surface area contributed by atoms with Crippen LogP contribution < -0.4 is 0 Å². The van der Waals surface area contributed by atoms with Crippen LogP contribution in [-0.4, -0.2) is 45.9 Å². The van der Waals surface area contributed by atoms with E-state index in [-0.39, 0.29) is 18.5 Å². The molecule has 24 heavy (non-hydrogen) atoms. The van der Waals surface area contributed by atoms with Crippen molar-refractivity contribution in [3.63, 3.8) is 0 Å². The molecule has 0 amide bonds. The van der Waals surface area contributed by atoms with Gasteiger partial charge in [0.2, 0.25) is 0 Å². The van der Waals surface area contributed by atoms with Crippen LogP contribution >= 0.6 is 0 Å². The molecule has 1 aromatic heterocycles. The minimum Gasteiger partial charge on any atom is -0.395 e. The van der Waals surface area contributed by atoms with E-state index in [1.54, 1.807) is 18.5 Å². The molecule has 1 aliphatic heterocycles. The number of hydrogen-bond acceptors (Lipinski definition) is 4. The number of imidazole rings is 1. The van der Waals surface area contributed by atoms with Gasteiger partial charge in [-0.1, -0.05) is 12.1 Å². The van der Waals surface area contributed by atoms with Gasteiger partial charge in [-0.15, -0.1) is 0 Å². The number of hydrogen-bond donors (Lipinski definition) is 1. The summed E-state index contributed by atoms with van der Waals surface area (Å²) in [4.78, 5) is 6.69. The van der Waals surface area contributed by atoms with Gasteiger partial charge in [-0.3, -0.25) is 4.90 Å². The van der Waals surface area contributed by atoms with Crippen molar-refractivity contribution in [2.45, 2.75) is 38.1 Å². The highest BCUT2D eigenvalue weighted by Crippen LogP contribution is 2.30. The molecule has 1 aliphatic rings. The average Bonchev–Trinajstić information content (AvgIpc) is 3.03. The van der Waals surface area contributed by atoms with Gasteiger partial charge in [0.05, 0.1) is 24.7 Å². The van der Waals surface area contributed by atoms with Crippen molar-refractivity contribution in [1.82, 2.24) is 14.5 Å². The fourth-order valence-corrected chi connectivity index (χ4v) is 3.20. The maximum absolute atomic E-state index is 13.1. The van der Waals surface area contributed by atoms with E-state index in [1.165, 1.54) is 12.1 Å². The van der Waals surface area contributed by atoms with E-state index in [1.807, 2.05) is 10.8 Å². The lowest BCUT2D eigenvalue weighted by Gasteiger charge is -2.35. The minimum absolute atomic E-state index is 0.0127. The summed E-state index contributed by atoms with van der Waals surface area (Å²) in [6, 6.07) is 6.98. The van der Waals surface area contributed by atoms with E-state index in [9.17, 15) is 4.39 Å². The van der Waals surface area contributed by atoms with Crippen molar-refractivity contribution in [3.8, 4) is 0 Å². The van der Waals surface area contributed by atoms with Crippen LogP contribution in [0.3, 0.4) is 0 Å². The maximum atomic E-state index is 13.1. The zero-order valence-corrected chi connectivity index (χ0v) is 13.9. The second-order valence-electron chi connectivity index (χ2n) is 6.33. The van der Waals surface area contributed by atoms with Gasteiger partial charge in [0, 0.05) is 31.9 Å². The van der Waals surface area contributed by atoms with Gasteiger partial charge in [0.1, 0.15) is 5.82 Å².